The lowest BCUT2D eigenvalue weighted by Gasteiger charge is -2.24. The Morgan fingerprint density at radius 2 is 2.08 bits per heavy atom. The van der Waals surface area contributed by atoms with Crippen LogP contribution in [0.15, 0.2) is 46.0 Å². The minimum Gasteiger partial charge on any atom is -0.486 e. The third-order valence-corrected chi connectivity index (χ3v) is 4.01. The van der Waals surface area contributed by atoms with Gasteiger partial charge < -0.3 is 29.2 Å². The summed E-state index contributed by atoms with van der Waals surface area (Å²) in [5, 5.41) is 13.4. The number of rotatable bonds is 6. The molecule has 0 saturated carbocycles. The summed E-state index contributed by atoms with van der Waals surface area (Å²) in [7, 11) is 1.96. The Kier molecular flexibility index (Phi) is 6.01. The molecule has 0 radical (unpaired) electrons. The Hall–Kier alpha value is -2.67. The lowest BCUT2D eigenvalue weighted by molar-refractivity contribution is 0.158. The fraction of sp³-hybridized carbons (Fsp3) is 0.421. The number of fused-ring (bicyclic) bond motifs is 1. The fourth-order valence-corrected chi connectivity index (χ4v) is 2.75. The van der Waals surface area contributed by atoms with Gasteiger partial charge in [0.15, 0.2) is 17.5 Å². The van der Waals surface area contributed by atoms with Crippen molar-refractivity contribution in [2.24, 2.45) is 4.99 Å². The molecule has 7 heteroatoms. The van der Waals surface area contributed by atoms with Gasteiger partial charge in [-0.15, -0.1) is 0 Å². The molecule has 140 valence electrons. The Morgan fingerprint density at radius 1 is 1.27 bits per heavy atom. The lowest BCUT2D eigenvalue weighted by atomic mass is 10.2. The number of hydrogen-bond acceptors (Lipinski definition) is 5. The van der Waals surface area contributed by atoms with Crippen molar-refractivity contribution < 1.29 is 19.0 Å². The first kappa shape index (κ1) is 18.1. The second-order valence-corrected chi connectivity index (χ2v) is 6.06. The summed E-state index contributed by atoms with van der Waals surface area (Å²) in [6.07, 6.45) is 0.780. The van der Waals surface area contributed by atoms with Crippen molar-refractivity contribution in [2.75, 3.05) is 33.4 Å². The minimum absolute atomic E-state index is 0.224. The van der Waals surface area contributed by atoms with E-state index in [0.717, 1.165) is 23.6 Å². The van der Waals surface area contributed by atoms with Gasteiger partial charge in [-0.1, -0.05) is 6.07 Å². The summed E-state index contributed by atoms with van der Waals surface area (Å²) in [6, 6.07) is 9.44. The molecule has 1 unspecified atom stereocenters. The standard InChI is InChI=1S/C19H25N3O4/c1-3-20-19(21-12-15(23)16-5-4-8-24-16)22(2)13-14-6-7-17-18(11-14)26-10-9-25-17/h4-8,11,15,23H,3,9-10,12-13H2,1-2H3,(H,20,21). The van der Waals surface area contributed by atoms with Gasteiger partial charge >= 0.3 is 0 Å². The summed E-state index contributed by atoms with van der Waals surface area (Å²) >= 11 is 0. The normalized spacial score (nSPS) is 14.8. The summed E-state index contributed by atoms with van der Waals surface area (Å²) < 4.78 is 16.4. The molecule has 0 amide bonds. The maximum atomic E-state index is 10.2. The highest BCUT2D eigenvalue weighted by atomic mass is 16.6. The number of guanidine groups is 1. The second-order valence-electron chi connectivity index (χ2n) is 6.06. The molecule has 1 aromatic carbocycles. The summed E-state index contributed by atoms with van der Waals surface area (Å²) in [5.74, 6) is 2.79. The van der Waals surface area contributed by atoms with Crippen LogP contribution in [-0.4, -0.2) is 49.3 Å². The van der Waals surface area contributed by atoms with E-state index in [1.54, 1.807) is 18.4 Å². The van der Waals surface area contributed by atoms with Crippen LogP contribution >= 0.6 is 0 Å². The van der Waals surface area contributed by atoms with Gasteiger partial charge in [0, 0.05) is 20.1 Å². The van der Waals surface area contributed by atoms with E-state index in [2.05, 4.69) is 10.3 Å². The summed E-state index contributed by atoms with van der Waals surface area (Å²) in [5.41, 5.74) is 1.09. The van der Waals surface area contributed by atoms with Crippen molar-refractivity contribution in [3.63, 3.8) is 0 Å². The lowest BCUT2D eigenvalue weighted by Crippen LogP contribution is -2.38. The average Bonchev–Trinajstić information content (AvgIpc) is 3.19. The number of aliphatic hydroxyl groups is 1. The molecule has 1 aliphatic heterocycles. The second kappa shape index (κ2) is 8.62. The van der Waals surface area contributed by atoms with E-state index in [-0.39, 0.29) is 6.54 Å². The third kappa shape index (κ3) is 4.49. The quantitative estimate of drug-likeness (QED) is 0.608. The van der Waals surface area contributed by atoms with E-state index in [1.807, 2.05) is 37.1 Å². The molecule has 0 aliphatic carbocycles. The van der Waals surface area contributed by atoms with E-state index < -0.39 is 6.10 Å². The number of nitrogens with one attached hydrogen (secondary N) is 1. The highest BCUT2D eigenvalue weighted by molar-refractivity contribution is 5.79. The molecule has 0 bridgehead atoms. The number of hydrogen-bond donors (Lipinski definition) is 2. The van der Waals surface area contributed by atoms with E-state index in [4.69, 9.17) is 13.9 Å². The van der Waals surface area contributed by atoms with Crippen molar-refractivity contribution in [2.45, 2.75) is 19.6 Å². The molecule has 1 aliphatic rings. The molecule has 3 rings (SSSR count). The van der Waals surface area contributed by atoms with Gasteiger partial charge in [-0.05, 0) is 36.8 Å². The molecular weight excluding hydrogens is 334 g/mol. The van der Waals surface area contributed by atoms with Crippen LogP contribution in [-0.2, 0) is 6.54 Å². The van der Waals surface area contributed by atoms with Crippen molar-refractivity contribution in [1.82, 2.24) is 10.2 Å². The van der Waals surface area contributed by atoms with Crippen LogP contribution in [0.5, 0.6) is 11.5 Å². The molecule has 2 aromatic rings. The third-order valence-electron chi connectivity index (χ3n) is 4.01. The minimum atomic E-state index is -0.763. The molecular formula is C19H25N3O4. The van der Waals surface area contributed by atoms with Crippen molar-refractivity contribution in [3.8, 4) is 11.5 Å². The monoisotopic (exact) mass is 359 g/mol. The van der Waals surface area contributed by atoms with Gasteiger partial charge in [0.1, 0.15) is 25.1 Å². The SMILES string of the molecule is CCNC(=NCC(O)c1ccco1)N(C)Cc1ccc2c(c1)OCCO2. The van der Waals surface area contributed by atoms with Gasteiger partial charge in [-0.2, -0.15) is 0 Å². The number of ether oxygens (including phenoxy) is 2. The zero-order chi connectivity index (χ0) is 18.4. The van der Waals surface area contributed by atoms with Gasteiger partial charge in [-0.25, -0.2) is 4.99 Å². The molecule has 1 atom stereocenters. The fourth-order valence-electron chi connectivity index (χ4n) is 2.75. The van der Waals surface area contributed by atoms with Gasteiger partial charge in [0.05, 0.1) is 12.8 Å². The van der Waals surface area contributed by atoms with Crippen LogP contribution in [0.25, 0.3) is 0 Å². The molecule has 0 fully saturated rings. The van der Waals surface area contributed by atoms with Crippen LogP contribution in [0.4, 0.5) is 0 Å². The van der Waals surface area contributed by atoms with Crippen molar-refractivity contribution >= 4 is 5.96 Å². The maximum absolute atomic E-state index is 10.2. The highest BCUT2D eigenvalue weighted by Gasteiger charge is 2.15. The summed E-state index contributed by atoms with van der Waals surface area (Å²) in [4.78, 5) is 6.52. The van der Waals surface area contributed by atoms with Gasteiger partial charge in [0.25, 0.3) is 0 Å². The van der Waals surface area contributed by atoms with E-state index in [0.29, 0.717) is 31.5 Å². The number of furan rings is 1. The number of aliphatic imine (C=N–C) groups is 1. The topological polar surface area (TPSA) is 79.5 Å². The Morgan fingerprint density at radius 3 is 2.81 bits per heavy atom. The predicted molar refractivity (Wildman–Crippen MR) is 98.5 cm³/mol. The van der Waals surface area contributed by atoms with Crippen LogP contribution < -0.4 is 14.8 Å². The largest absolute Gasteiger partial charge is 0.486 e. The molecule has 0 spiro atoms. The maximum Gasteiger partial charge on any atom is 0.194 e. The van der Waals surface area contributed by atoms with Crippen LogP contribution in [0.3, 0.4) is 0 Å². The first-order valence-corrected chi connectivity index (χ1v) is 8.77. The summed E-state index contributed by atoms with van der Waals surface area (Å²) in [6.45, 7) is 4.78. The molecule has 7 nitrogen and oxygen atoms in total. The van der Waals surface area contributed by atoms with Crippen molar-refractivity contribution in [1.29, 1.82) is 0 Å². The van der Waals surface area contributed by atoms with Gasteiger partial charge in [0.2, 0.25) is 0 Å². The zero-order valence-corrected chi connectivity index (χ0v) is 15.1. The Balaban J connectivity index is 1.66. The van der Waals surface area contributed by atoms with Crippen LogP contribution in [0.2, 0.25) is 0 Å². The smallest absolute Gasteiger partial charge is 0.194 e. The van der Waals surface area contributed by atoms with E-state index in [9.17, 15) is 5.11 Å². The predicted octanol–water partition coefficient (Wildman–Crippen LogP) is 2.18. The van der Waals surface area contributed by atoms with Crippen LogP contribution in [0.1, 0.15) is 24.4 Å². The van der Waals surface area contributed by atoms with Gasteiger partial charge in [-0.3, -0.25) is 0 Å². The zero-order valence-electron chi connectivity index (χ0n) is 15.1. The number of benzene rings is 1. The number of aliphatic hydroxyl groups excluding tert-OH is 1. The number of nitrogens with zero attached hydrogens (tertiary/aromatic N) is 2. The Bertz CT molecular complexity index is 730. The molecule has 0 saturated heterocycles. The molecule has 26 heavy (non-hydrogen) atoms. The van der Waals surface area contributed by atoms with Crippen molar-refractivity contribution in [3.05, 3.63) is 47.9 Å². The molecule has 2 heterocycles. The highest BCUT2D eigenvalue weighted by Crippen LogP contribution is 2.31. The first-order valence-electron chi connectivity index (χ1n) is 8.77. The first-order chi connectivity index (χ1) is 12.7. The molecule has 2 N–H and O–H groups in total. The van der Waals surface area contributed by atoms with Crippen LogP contribution in [0, 0.1) is 0 Å². The van der Waals surface area contributed by atoms with E-state index in [1.165, 1.54) is 0 Å². The molecule has 1 aromatic heterocycles. The average molecular weight is 359 g/mol. The Labute approximate surface area is 153 Å². The van der Waals surface area contributed by atoms with E-state index >= 15 is 0 Å².